The molecule has 0 aliphatic heterocycles. The van der Waals surface area contributed by atoms with Crippen LogP contribution in [0.2, 0.25) is 0 Å². The Hall–Kier alpha value is -5.20. The molecule has 6 heteroatoms. The summed E-state index contributed by atoms with van der Waals surface area (Å²) in [7, 11) is 0. The van der Waals surface area contributed by atoms with Crippen LogP contribution in [0, 0.1) is 0 Å². The van der Waals surface area contributed by atoms with Gasteiger partial charge in [-0.25, -0.2) is 19.9 Å². The molecule has 0 amide bonds. The zero-order valence-electron chi connectivity index (χ0n) is 21.2. The lowest BCUT2D eigenvalue weighted by Gasteiger charge is -2.10. The Morgan fingerprint density at radius 1 is 0.450 bits per heavy atom. The van der Waals surface area contributed by atoms with E-state index in [-0.39, 0.29) is 0 Å². The van der Waals surface area contributed by atoms with E-state index in [1.165, 1.54) is 0 Å². The van der Waals surface area contributed by atoms with E-state index in [1.54, 1.807) is 11.3 Å². The third kappa shape index (κ3) is 3.77. The second-order valence-corrected chi connectivity index (χ2v) is 10.6. The summed E-state index contributed by atoms with van der Waals surface area (Å²) in [5.74, 6) is 2.51. The van der Waals surface area contributed by atoms with E-state index in [0.29, 0.717) is 23.4 Å². The topological polar surface area (TPSA) is 64.7 Å². The highest BCUT2D eigenvalue weighted by Crippen LogP contribution is 2.44. The number of hydrogen-bond acceptors (Lipinski definition) is 6. The highest BCUT2D eigenvalue weighted by Gasteiger charge is 2.20. The number of fused-ring (bicyclic) bond motifs is 4. The Labute approximate surface area is 233 Å². The van der Waals surface area contributed by atoms with E-state index >= 15 is 0 Å². The van der Waals surface area contributed by atoms with Crippen molar-refractivity contribution in [3.63, 3.8) is 0 Å². The minimum atomic E-state index is 0.604. The minimum Gasteiger partial charge on any atom is -0.436 e. The van der Waals surface area contributed by atoms with Gasteiger partial charge in [0.05, 0.1) is 0 Å². The van der Waals surface area contributed by atoms with Crippen molar-refractivity contribution in [1.82, 2.24) is 19.9 Å². The molecule has 0 unspecified atom stereocenters. The molecule has 0 spiro atoms. The van der Waals surface area contributed by atoms with E-state index in [4.69, 9.17) is 24.4 Å². The van der Waals surface area contributed by atoms with Crippen LogP contribution < -0.4 is 0 Å². The lowest BCUT2D eigenvalue weighted by Crippen LogP contribution is -2.00. The maximum absolute atomic E-state index is 6.23. The monoisotopic (exact) mass is 532 g/mol. The van der Waals surface area contributed by atoms with Crippen molar-refractivity contribution in [1.29, 1.82) is 0 Å². The minimum absolute atomic E-state index is 0.604. The lowest BCUT2D eigenvalue weighted by molar-refractivity contribution is 0.620. The van der Waals surface area contributed by atoms with E-state index < -0.39 is 0 Å². The molecule has 5 aromatic carbocycles. The van der Waals surface area contributed by atoms with Gasteiger partial charge in [0.15, 0.2) is 23.1 Å². The molecule has 0 radical (unpaired) electrons. The molecule has 0 fully saturated rings. The Morgan fingerprint density at radius 2 is 1.00 bits per heavy atom. The van der Waals surface area contributed by atoms with Crippen molar-refractivity contribution >= 4 is 42.6 Å². The van der Waals surface area contributed by atoms with Gasteiger partial charge in [-0.15, -0.1) is 11.3 Å². The number of nitrogens with zero attached hydrogens (tertiary/aromatic N) is 4. The summed E-state index contributed by atoms with van der Waals surface area (Å²) < 4.78 is 8.54. The maximum Gasteiger partial charge on any atom is 0.227 e. The molecule has 0 N–H and O–H groups in total. The molecule has 8 rings (SSSR count). The Kier molecular flexibility index (Phi) is 5.24. The van der Waals surface area contributed by atoms with Crippen LogP contribution in [0.15, 0.2) is 126 Å². The van der Waals surface area contributed by atoms with Crippen molar-refractivity contribution < 1.29 is 4.42 Å². The van der Waals surface area contributed by atoms with Crippen LogP contribution in [-0.4, -0.2) is 19.9 Å². The highest BCUT2D eigenvalue weighted by molar-refractivity contribution is 7.26. The number of oxazole rings is 1. The third-order valence-electron chi connectivity index (χ3n) is 6.99. The first-order chi connectivity index (χ1) is 19.8. The second-order valence-electron chi connectivity index (χ2n) is 9.48. The van der Waals surface area contributed by atoms with Gasteiger partial charge < -0.3 is 4.42 Å². The number of para-hydroxylation sites is 2. The van der Waals surface area contributed by atoms with Gasteiger partial charge in [0.1, 0.15) is 5.52 Å². The van der Waals surface area contributed by atoms with E-state index in [2.05, 4.69) is 36.4 Å². The quantitative estimate of drug-likeness (QED) is 0.226. The average Bonchev–Trinajstić information content (AvgIpc) is 3.63. The first-order valence-corrected chi connectivity index (χ1v) is 13.8. The molecule has 40 heavy (non-hydrogen) atoms. The summed E-state index contributed by atoms with van der Waals surface area (Å²) in [4.78, 5) is 19.7. The Morgan fingerprint density at radius 3 is 1.65 bits per heavy atom. The predicted molar refractivity (Wildman–Crippen MR) is 162 cm³/mol. The smallest absolute Gasteiger partial charge is 0.227 e. The summed E-state index contributed by atoms with van der Waals surface area (Å²) in [5, 5.41) is 2.18. The van der Waals surface area contributed by atoms with E-state index in [9.17, 15) is 0 Å². The summed E-state index contributed by atoms with van der Waals surface area (Å²) in [6.45, 7) is 0. The number of hydrogen-bond donors (Lipinski definition) is 0. The molecule has 188 valence electrons. The number of benzene rings is 5. The summed E-state index contributed by atoms with van der Waals surface area (Å²) in [6.07, 6.45) is 0. The lowest BCUT2D eigenvalue weighted by atomic mass is 10.0. The molecule has 0 bridgehead atoms. The van der Waals surface area contributed by atoms with Crippen molar-refractivity contribution in [3.8, 4) is 45.6 Å². The molecular weight excluding hydrogens is 512 g/mol. The van der Waals surface area contributed by atoms with Gasteiger partial charge in [0, 0.05) is 42.4 Å². The first-order valence-electron chi connectivity index (χ1n) is 13.0. The van der Waals surface area contributed by atoms with E-state index in [0.717, 1.165) is 53.5 Å². The van der Waals surface area contributed by atoms with Crippen LogP contribution in [0.3, 0.4) is 0 Å². The van der Waals surface area contributed by atoms with Crippen LogP contribution >= 0.6 is 11.3 Å². The largest absolute Gasteiger partial charge is 0.436 e. The first kappa shape index (κ1) is 22.8. The summed E-state index contributed by atoms with van der Waals surface area (Å²) in [6, 6.07) is 40.6. The van der Waals surface area contributed by atoms with E-state index in [1.807, 2.05) is 84.9 Å². The molecule has 8 aromatic rings. The zero-order chi connectivity index (χ0) is 26.5. The van der Waals surface area contributed by atoms with Gasteiger partial charge in [0.2, 0.25) is 5.89 Å². The fraction of sp³-hybridized carbons (Fsp3) is 0. The third-order valence-corrected chi connectivity index (χ3v) is 8.11. The maximum atomic E-state index is 6.23. The van der Waals surface area contributed by atoms with Gasteiger partial charge in [-0.05, 0) is 30.3 Å². The zero-order valence-corrected chi connectivity index (χ0v) is 22.0. The van der Waals surface area contributed by atoms with Gasteiger partial charge >= 0.3 is 0 Å². The molecule has 0 saturated heterocycles. The van der Waals surface area contributed by atoms with Gasteiger partial charge in [-0.2, -0.15) is 0 Å². The van der Waals surface area contributed by atoms with Gasteiger partial charge in [-0.1, -0.05) is 91.0 Å². The molecule has 3 heterocycles. The molecule has 3 aromatic heterocycles. The summed E-state index contributed by atoms with van der Waals surface area (Å²) in [5.41, 5.74) is 5.39. The Balaban J connectivity index is 1.42. The summed E-state index contributed by atoms with van der Waals surface area (Å²) >= 11 is 1.75. The van der Waals surface area contributed by atoms with Crippen molar-refractivity contribution in [3.05, 3.63) is 121 Å². The normalized spacial score (nSPS) is 11.5. The van der Waals surface area contributed by atoms with Crippen LogP contribution in [-0.2, 0) is 0 Å². The second kappa shape index (κ2) is 9.22. The fourth-order valence-corrected chi connectivity index (χ4v) is 6.31. The molecule has 5 nitrogen and oxygen atoms in total. The van der Waals surface area contributed by atoms with Crippen LogP contribution in [0.25, 0.3) is 76.9 Å². The van der Waals surface area contributed by atoms with Crippen molar-refractivity contribution in [2.75, 3.05) is 0 Å². The number of aromatic nitrogens is 4. The number of thiophene rings is 1. The molecular formula is C34H20N4OS. The fourth-order valence-electron chi connectivity index (χ4n) is 5.15. The highest BCUT2D eigenvalue weighted by atomic mass is 32.1. The van der Waals surface area contributed by atoms with Gasteiger partial charge in [-0.3, -0.25) is 0 Å². The molecule has 0 saturated carbocycles. The van der Waals surface area contributed by atoms with Crippen LogP contribution in [0.5, 0.6) is 0 Å². The predicted octanol–water partition coefficient (Wildman–Crippen LogP) is 9.05. The molecule has 0 atom stereocenters. The Bertz CT molecular complexity index is 2080. The molecule has 0 aliphatic carbocycles. The number of rotatable bonds is 4. The van der Waals surface area contributed by atoms with Crippen molar-refractivity contribution in [2.24, 2.45) is 0 Å². The molecule has 0 aliphatic rings. The van der Waals surface area contributed by atoms with Crippen LogP contribution in [0.4, 0.5) is 0 Å². The average molecular weight is 533 g/mol. The van der Waals surface area contributed by atoms with Crippen LogP contribution in [0.1, 0.15) is 0 Å². The standard InChI is InChI=1S/C34H20N4OS/c1-3-11-21(12-4-1)31-36-32(22-13-5-2-6-14-22)38-33(37-31)23-15-9-19-27-29(23)30-24(16-10-20-28(30)40-27)34-35-25-17-7-8-18-26(25)39-34/h1-20H. The van der Waals surface area contributed by atoms with Crippen molar-refractivity contribution in [2.45, 2.75) is 0 Å². The SMILES string of the molecule is c1ccc(-c2nc(-c3ccccc3)nc(-c3cccc4sc5cccc(-c6nc7ccccc7o6)c5c34)n2)cc1. The van der Waals surface area contributed by atoms with Gasteiger partial charge in [0.25, 0.3) is 0 Å².